The van der Waals surface area contributed by atoms with Gasteiger partial charge in [-0.05, 0) is 38.3 Å². The maximum Gasteiger partial charge on any atom is 0.274 e. The van der Waals surface area contributed by atoms with Crippen molar-refractivity contribution in [3.63, 3.8) is 0 Å². The standard InChI is InChI=1S/C28H31N5O4/c1-18-8-10-19(11-9-18)14-30-27(36)28(2)16-32-17-31-23(24(32)26(35)33(28)21-12-13-21)25(34)29-15-20-6-4-5-7-22(20)37-3/h4-11,17,21H,12-16H2,1-3H3,(H,29,34)(H,30,36)/t28-/m0/s1. The molecule has 2 N–H and O–H groups in total. The number of benzene rings is 2. The van der Waals surface area contributed by atoms with Crippen molar-refractivity contribution in [3.05, 3.63) is 82.9 Å². The Morgan fingerprint density at radius 1 is 1.08 bits per heavy atom. The van der Waals surface area contributed by atoms with Gasteiger partial charge < -0.3 is 24.8 Å². The summed E-state index contributed by atoms with van der Waals surface area (Å²) in [5.74, 6) is -0.356. The summed E-state index contributed by atoms with van der Waals surface area (Å²) in [6.45, 7) is 4.62. The number of nitrogens with zero attached hydrogens (tertiary/aromatic N) is 3. The first-order valence-electron chi connectivity index (χ1n) is 12.4. The quantitative estimate of drug-likeness (QED) is 0.494. The van der Waals surface area contributed by atoms with Crippen LogP contribution >= 0.6 is 0 Å². The van der Waals surface area contributed by atoms with Crippen LogP contribution in [0, 0.1) is 6.92 Å². The van der Waals surface area contributed by atoms with Gasteiger partial charge in [0.1, 0.15) is 17.0 Å². The van der Waals surface area contributed by atoms with Gasteiger partial charge >= 0.3 is 0 Å². The molecule has 1 aromatic heterocycles. The van der Waals surface area contributed by atoms with Crippen LogP contribution in [0.3, 0.4) is 0 Å². The van der Waals surface area contributed by atoms with Gasteiger partial charge in [-0.1, -0.05) is 48.0 Å². The van der Waals surface area contributed by atoms with E-state index in [1.54, 1.807) is 23.5 Å². The third-order valence-electron chi connectivity index (χ3n) is 7.09. The fourth-order valence-corrected chi connectivity index (χ4v) is 4.91. The van der Waals surface area contributed by atoms with Crippen LogP contribution in [0.4, 0.5) is 0 Å². The Balaban J connectivity index is 1.36. The molecule has 0 radical (unpaired) electrons. The molecule has 1 aliphatic carbocycles. The van der Waals surface area contributed by atoms with Gasteiger partial charge in [0.15, 0.2) is 5.69 Å². The van der Waals surface area contributed by atoms with E-state index < -0.39 is 11.4 Å². The van der Waals surface area contributed by atoms with E-state index in [9.17, 15) is 14.4 Å². The van der Waals surface area contributed by atoms with Crippen molar-refractivity contribution < 1.29 is 19.1 Å². The van der Waals surface area contributed by atoms with Crippen LogP contribution in [0.15, 0.2) is 54.9 Å². The number of nitrogens with one attached hydrogen (secondary N) is 2. The summed E-state index contributed by atoms with van der Waals surface area (Å²) < 4.78 is 6.98. The molecule has 2 heterocycles. The number of ether oxygens (including phenoxy) is 1. The summed E-state index contributed by atoms with van der Waals surface area (Å²) in [6, 6.07) is 15.3. The Labute approximate surface area is 215 Å². The molecule has 3 amide bonds. The van der Waals surface area contributed by atoms with Crippen molar-refractivity contribution in [1.82, 2.24) is 25.1 Å². The van der Waals surface area contributed by atoms with Gasteiger partial charge in [-0.15, -0.1) is 0 Å². The molecule has 5 rings (SSSR count). The van der Waals surface area contributed by atoms with Crippen molar-refractivity contribution in [2.24, 2.45) is 0 Å². The normalized spacial score (nSPS) is 18.8. The van der Waals surface area contributed by atoms with Gasteiger partial charge in [-0.2, -0.15) is 0 Å². The minimum absolute atomic E-state index is 0.0317. The highest BCUT2D eigenvalue weighted by Gasteiger charge is 2.53. The average Bonchev–Trinajstić information content (AvgIpc) is 3.64. The van der Waals surface area contributed by atoms with E-state index in [2.05, 4.69) is 15.6 Å². The van der Waals surface area contributed by atoms with Crippen LogP contribution in [0.25, 0.3) is 0 Å². The van der Waals surface area contributed by atoms with Gasteiger partial charge in [0.2, 0.25) is 5.91 Å². The Morgan fingerprint density at radius 3 is 2.51 bits per heavy atom. The predicted octanol–water partition coefficient (Wildman–Crippen LogP) is 2.82. The van der Waals surface area contributed by atoms with Crippen LogP contribution in [0.2, 0.25) is 0 Å². The van der Waals surface area contributed by atoms with Crippen molar-refractivity contribution in [2.75, 3.05) is 7.11 Å². The molecule has 0 bridgehead atoms. The fourth-order valence-electron chi connectivity index (χ4n) is 4.91. The zero-order valence-corrected chi connectivity index (χ0v) is 21.3. The van der Waals surface area contributed by atoms with E-state index in [4.69, 9.17) is 4.74 Å². The zero-order chi connectivity index (χ0) is 26.2. The number of aromatic nitrogens is 2. The number of carbonyl (C=O) groups excluding carboxylic acids is 3. The lowest BCUT2D eigenvalue weighted by molar-refractivity contribution is -0.133. The molecule has 3 aromatic rings. The minimum Gasteiger partial charge on any atom is -0.496 e. The van der Waals surface area contributed by atoms with Gasteiger partial charge in [0, 0.05) is 24.7 Å². The summed E-state index contributed by atoms with van der Waals surface area (Å²) in [6.07, 6.45) is 3.13. The summed E-state index contributed by atoms with van der Waals surface area (Å²) in [4.78, 5) is 46.3. The molecule has 2 aliphatic rings. The molecule has 0 spiro atoms. The average molecular weight is 502 g/mol. The van der Waals surface area contributed by atoms with E-state index in [1.807, 2.05) is 55.5 Å². The van der Waals surface area contributed by atoms with Crippen molar-refractivity contribution in [2.45, 2.75) is 57.9 Å². The van der Waals surface area contributed by atoms with E-state index in [0.29, 0.717) is 12.3 Å². The number of methoxy groups -OCH3 is 1. The smallest absolute Gasteiger partial charge is 0.274 e. The number of imidazole rings is 1. The molecule has 1 atom stereocenters. The van der Waals surface area contributed by atoms with Crippen LogP contribution < -0.4 is 15.4 Å². The molecular weight excluding hydrogens is 470 g/mol. The largest absolute Gasteiger partial charge is 0.496 e. The second-order valence-electron chi connectivity index (χ2n) is 9.91. The number of fused-ring (bicyclic) bond motifs is 1. The first-order valence-corrected chi connectivity index (χ1v) is 12.4. The van der Waals surface area contributed by atoms with Gasteiger partial charge in [-0.25, -0.2) is 4.98 Å². The number of amides is 3. The molecule has 1 fully saturated rings. The molecular formula is C28H31N5O4. The van der Waals surface area contributed by atoms with Crippen molar-refractivity contribution in [3.8, 4) is 5.75 Å². The first-order chi connectivity index (χ1) is 17.8. The number of rotatable bonds is 8. The Kier molecular flexibility index (Phi) is 6.45. The molecule has 9 nitrogen and oxygen atoms in total. The van der Waals surface area contributed by atoms with E-state index in [1.165, 1.54) is 6.33 Å². The molecule has 1 aliphatic heterocycles. The first kappa shape index (κ1) is 24.5. The van der Waals surface area contributed by atoms with E-state index in [0.717, 1.165) is 29.5 Å². The maximum atomic E-state index is 13.8. The highest BCUT2D eigenvalue weighted by atomic mass is 16.5. The molecule has 37 heavy (non-hydrogen) atoms. The second kappa shape index (κ2) is 9.72. The van der Waals surface area contributed by atoms with Gasteiger partial charge in [0.25, 0.3) is 11.8 Å². The molecule has 9 heteroatoms. The van der Waals surface area contributed by atoms with Gasteiger partial charge in [0.05, 0.1) is 20.0 Å². The third kappa shape index (κ3) is 4.69. The SMILES string of the molecule is COc1ccccc1CNC(=O)c1ncn2c1C(=O)N(C1CC1)[C@](C)(C(=O)NCc1ccc(C)cc1)C2. The van der Waals surface area contributed by atoms with Crippen molar-refractivity contribution >= 4 is 17.7 Å². The maximum absolute atomic E-state index is 13.8. The predicted molar refractivity (Wildman–Crippen MR) is 137 cm³/mol. The van der Waals surface area contributed by atoms with Gasteiger partial charge in [-0.3, -0.25) is 14.4 Å². The van der Waals surface area contributed by atoms with Crippen LogP contribution in [-0.2, 0) is 24.4 Å². The Bertz CT molecular complexity index is 1340. The van der Waals surface area contributed by atoms with Crippen LogP contribution in [0.5, 0.6) is 5.75 Å². The molecule has 192 valence electrons. The lowest BCUT2D eigenvalue weighted by Crippen LogP contribution is -2.64. The lowest BCUT2D eigenvalue weighted by atomic mass is 9.93. The number of hydrogen-bond acceptors (Lipinski definition) is 5. The summed E-state index contributed by atoms with van der Waals surface area (Å²) in [7, 11) is 1.57. The van der Waals surface area contributed by atoms with Crippen LogP contribution in [-0.4, -0.2) is 50.9 Å². The van der Waals surface area contributed by atoms with E-state index >= 15 is 0 Å². The Morgan fingerprint density at radius 2 is 1.81 bits per heavy atom. The summed E-state index contributed by atoms with van der Waals surface area (Å²) in [5, 5.41) is 5.86. The number of hydrogen-bond donors (Lipinski definition) is 2. The molecule has 0 unspecified atom stereocenters. The molecule has 1 saturated carbocycles. The summed E-state index contributed by atoms with van der Waals surface area (Å²) >= 11 is 0. The second-order valence-corrected chi connectivity index (χ2v) is 9.91. The lowest BCUT2D eigenvalue weighted by Gasteiger charge is -2.44. The number of para-hydroxylation sites is 1. The third-order valence-corrected chi connectivity index (χ3v) is 7.09. The number of aryl methyl sites for hydroxylation is 1. The minimum atomic E-state index is -1.10. The molecule has 2 aromatic carbocycles. The summed E-state index contributed by atoms with van der Waals surface area (Å²) in [5.41, 5.74) is 2.13. The Hall–Kier alpha value is -4.14. The monoisotopic (exact) mass is 501 g/mol. The van der Waals surface area contributed by atoms with Crippen LogP contribution in [0.1, 0.15) is 57.4 Å². The van der Waals surface area contributed by atoms with Crippen molar-refractivity contribution in [1.29, 1.82) is 0 Å². The highest BCUT2D eigenvalue weighted by Crippen LogP contribution is 2.39. The number of carbonyl (C=O) groups is 3. The topological polar surface area (TPSA) is 106 Å². The fraction of sp³-hybridized carbons (Fsp3) is 0.357. The highest BCUT2D eigenvalue weighted by molar-refractivity contribution is 6.07. The molecule has 0 saturated heterocycles. The van der Waals surface area contributed by atoms with E-state index in [-0.39, 0.29) is 42.3 Å². The zero-order valence-electron chi connectivity index (χ0n) is 21.3.